The fourth-order valence-corrected chi connectivity index (χ4v) is 2.85. The molecule has 1 rings (SSSR count). The first kappa shape index (κ1) is 17.5. The molecule has 0 heterocycles. The van der Waals surface area contributed by atoms with Gasteiger partial charge in [0.15, 0.2) is 0 Å². The highest BCUT2D eigenvalue weighted by Gasteiger charge is 2.07. The number of rotatable bonds is 10. The number of benzene rings is 1. The highest BCUT2D eigenvalue weighted by Crippen LogP contribution is 2.27. The van der Waals surface area contributed by atoms with E-state index in [1.165, 1.54) is 44.1 Å². The van der Waals surface area contributed by atoms with Crippen molar-refractivity contribution in [3.8, 4) is 5.75 Å². The molecule has 0 fully saturated rings. The minimum Gasteiger partial charge on any atom is -0.496 e. The van der Waals surface area contributed by atoms with Crippen molar-refractivity contribution >= 4 is 15.9 Å². The maximum atomic E-state index is 5.26. The van der Waals surface area contributed by atoms with Gasteiger partial charge in [0.05, 0.1) is 11.6 Å². The van der Waals surface area contributed by atoms with Gasteiger partial charge in [0, 0.05) is 6.04 Å². The Bertz CT molecular complexity index is 381. The van der Waals surface area contributed by atoms with Gasteiger partial charge in [-0.25, -0.2) is 0 Å². The summed E-state index contributed by atoms with van der Waals surface area (Å²) < 4.78 is 6.28. The fraction of sp³-hybridized carbons (Fsp3) is 0.647. The van der Waals surface area contributed by atoms with Crippen LogP contribution in [-0.4, -0.2) is 13.7 Å². The molecule has 0 saturated heterocycles. The minimum atomic E-state index is 0.382. The molecule has 1 aromatic rings. The van der Waals surface area contributed by atoms with E-state index >= 15 is 0 Å². The van der Waals surface area contributed by atoms with Gasteiger partial charge in [-0.3, -0.25) is 0 Å². The Morgan fingerprint density at radius 1 is 1.15 bits per heavy atom. The van der Waals surface area contributed by atoms with Crippen molar-refractivity contribution in [1.29, 1.82) is 0 Å². The summed E-state index contributed by atoms with van der Waals surface area (Å²) in [5.41, 5.74) is 1.30. The Morgan fingerprint density at radius 3 is 2.50 bits per heavy atom. The average Bonchev–Trinajstić information content (AvgIpc) is 2.46. The summed E-state index contributed by atoms with van der Waals surface area (Å²) in [5.74, 6) is 0.886. The number of hydrogen-bond donors (Lipinski definition) is 1. The highest BCUT2D eigenvalue weighted by atomic mass is 79.9. The molecule has 114 valence electrons. The van der Waals surface area contributed by atoms with Gasteiger partial charge < -0.3 is 10.1 Å². The van der Waals surface area contributed by atoms with Crippen LogP contribution in [0.3, 0.4) is 0 Å². The van der Waals surface area contributed by atoms with Crippen LogP contribution in [0.5, 0.6) is 5.75 Å². The lowest BCUT2D eigenvalue weighted by Gasteiger charge is -2.15. The van der Waals surface area contributed by atoms with E-state index in [0.717, 1.165) is 16.8 Å². The van der Waals surface area contributed by atoms with Crippen LogP contribution >= 0.6 is 15.9 Å². The van der Waals surface area contributed by atoms with E-state index < -0.39 is 0 Å². The van der Waals surface area contributed by atoms with Crippen molar-refractivity contribution < 1.29 is 4.74 Å². The van der Waals surface area contributed by atoms with Gasteiger partial charge in [-0.2, -0.15) is 0 Å². The monoisotopic (exact) mass is 341 g/mol. The van der Waals surface area contributed by atoms with Crippen LogP contribution in [0.25, 0.3) is 0 Å². The zero-order valence-corrected chi connectivity index (χ0v) is 14.6. The van der Waals surface area contributed by atoms with E-state index in [-0.39, 0.29) is 0 Å². The molecule has 0 aliphatic carbocycles. The molecule has 0 spiro atoms. The van der Waals surface area contributed by atoms with Crippen molar-refractivity contribution in [3.63, 3.8) is 0 Å². The number of hydrogen-bond acceptors (Lipinski definition) is 2. The van der Waals surface area contributed by atoms with Gasteiger partial charge in [-0.05, 0) is 53.5 Å². The van der Waals surface area contributed by atoms with Gasteiger partial charge in [-0.15, -0.1) is 0 Å². The van der Waals surface area contributed by atoms with Crippen molar-refractivity contribution in [2.75, 3.05) is 13.7 Å². The fourth-order valence-electron chi connectivity index (χ4n) is 2.29. The quantitative estimate of drug-likeness (QED) is 0.569. The molecule has 1 unspecified atom stereocenters. The third-order valence-corrected chi connectivity index (χ3v) is 4.28. The molecule has 0 bridgehead atoms. The summed E-state index contributed by atoms with van der Waals surface area (Å²) >= 11 is 3.54. The van der Waals surface area contributed by atoms with E-state index in [1.54, 1.807) is 7.11 Å². The first-order chi connectivity index (χ1) is 9.69. The second kappa shape index (κ2) is 10.2. The molecule has 0 aliphatic heterocycles. The number of methoxy groups -OCH3 is 1. The minimum absolute atomic E-state index is 0.382. The van der Waals surface area contributed by atoms with Crippen LogP contribution in [0.2, 0.25) is 0 Å². The lowest BCUT2D eigenvalue weighted by molar-refractivity contribution is 0.411. The zero-order chi connectivity index (χ0) is 14.8. The number of ether oxygens (including phenoxy) is 1. The molecule has 0 saturated carbocycles. The van der Waals surface area contributed by atoms with Crippen molar-refractivity contribution in [1.82, 2.24) is 5.32 Å². The summed E-state index contributed by atoms with van der Waals surface area (Å²) in [6.45, 7) is 5.57. The van der Waals surface area contributed by atoms with Gasteiger partial charge in [0.1, 0.15) is 5.75 Å². The van der Waals surface area contributed by atoms with E-state index in [1.807, 2.05) is 6.07 Å². The summed E-state index contributed by atoms with van der Waals surface area (Å²) in [6.07, 6.45) is 8.07. The first-order valence-corrected chi connectivity index (χ1v) is 8.55. The van der Waals surface area contributed by atoms with Gasteiger partial charge in [0.25, 0.3) is 0 Å². The van der Waals surface area contributed by atoms with Gasteiger partial charge in [0.2, 0.25) is 0 Å². The Hall–Kier alpha value is -0.540. The first-order valence-electron chi connectivity index (χ1n) is 7.75. The Labute approximate surface area is 132 Å². The van der Waals surface area contributed by atoms with Crippen LogP contribution in [0.4, 0.5) is 0 Å². The average molecular weight is 342 g/mol. The number of halogens is 1. The highest BCUT2D eigenvalue weighted by molar-refractivity contribution is 9.10. The van der Waals surface area contributed by atoms with Crippen molar-refractivity contribution in [3.05, 3.63) is 28.2 Å². The van der Waals surface area contributed by atoms with Crippen LogP contribution in [0, 0.1) is 0 Å². The normalized spacial score (nSPS) is 12.4. The van der Waals surface area contributed by atoms with Crippen LogP contribution in [0.15, 0.2) is 22.7 Å². The van der Waals surface area contributed by atoms with Gasteiger partial charge >= 0.3 is 0 Å². The van der Waals surface area contributed by atoms with Crippen molar-refractivity contribution in [2.45, 2.75) is 58.4 Å². The zero-order valence-electron chi connectivity index (χ0n) is 13.0. The second-order valence-corrected chi connectivity index (χ2v) is 6.19. The molecular formula is C17H28BrNO. The maximum Gasteiger partial charge on any atom is 0.133 e. The van der Waals surface area contributed by atoms with E-state index in [0.29, 0.717) is 6.04 Å². The molecule has 0 aliphatic rings. The summed E-state index contributed by atoms with van der Waals surface area (Å²) in [7, 11) is 1.69. The standard InChI is InChI=1S/C17H28BrNO/c1-4-5-6-7-8-9-12-19-14(2)15-10-11-17(20-3)16(18)13-15/h10-11,13-14,19H,4-9,12H2,1-3H3. The predicted octanol–water partition coefficient (Wildman–Crippen LogP) is 5.47. The molecule has 0 aromatic heterocycles. The lowest BCUT2D eigenvalue weighted by atomic mass is 10.1. The van der Waals surface area contributed by atoms with Crippen LogP contribution in [0.1, 0.15) is 64.0 Å². The van der Waals surface area contributed by atoms with Crippen molar-refractivity contribution in [2.24, 2.45) is 0 Å². The summed E-state index contributed by atoms with van der Waals surface area (Å²) in [6, 6.07) is 6.66. The Morgan fingerprint density at radius 2 is 1.85 bits per heavy atom. The van der Waals surface area contributed by atoms with E-state index in [9.17, 15) is 0 Å². The molecule has 0 amide bonds. The summed E-state index contributed by atoms with van der Waals surface area (Å²) in [5, 5.41) is 3.59. The maximum absolute atomic E-state index is 5.26. The van der Waals surface area contributed by atoms with E-state index in [2.05, 4.69) is 47.2 Å². The van der Waals surface area contributed by atoms with Crippen LogP contribution < -0.4 is 10.1 Å². The molecule has 3 heteroatoms. The van der Waals surface area contributed by atoms with E-state index in [4.69, 9.17) is 4.74 Å². The molecule has 20 heavy (non-hydrogen) atoms. The Balaban J connectivity index is 2.25. The smallest absolute Gasteiger partial charge is 0.133 e. The molecule has 1 atom stereocenters. The summed E-state index contributed by atoms with van der Waals surface area (Å²) in [4.78, 5) is 0. The molecule has 2 nitrogen and oxygen atoms in total. The SMILES string of the molecule is CCCCCCCCNC(C)c1ccc(OC)c(Br)c1. The topological polar surface area (TPSA) is 21.3 Å². The molecule has 1 aromatic carbocycles. The molecule has 1 N–H and O–H groups in total. The third-order valence-electron chi connectivity index (χ3n) is 3.66. The number of nitrogens with one attached hydrogen (secondary N) is 1. The second-order valence-electron chi connectivity index (χ2n) is 5.34. The van der Waals surface area contributed by atoms with Gasteiger partial charge in [-0.1, -0.05) is 45.1 Å². The lowest BCUT2D eigenvalue weighted by Crippen LogP contribution is -2.19. The largest absolute Gasteiger partial charge is 0.496 e. The third kappa shape index (κ3) is 6.27. The molecule has 0 radical (unpaired) electrons. The number of unbranched alkanes of at least 4 members (excludes halogenated alkanes) is 5. The Kier molecular flexibility index (Phi) is 8.95. The predicted molar refractivity (Wildman–Crippen MR) is 90.5 cm³/mol. The molecular weight excluding hydrogens is 314 g/mol. The van der Waals surface area contributed by atoms with Crippen LogP contribution in [-0.2, 0) is 0 Å².